The number of ether oxygens (including phenoxy) is 2. The maximum atomic E-state index is 10.7. The number of para-hydroxylation sites is 2. The zero-order valence-corrected chi connectivity index (χ0v) is 17.6. The van der Waals surface area contributed by atoms with Crippen molar-refractivity contribution in [3.8, 4) is 22.9 Å². The first kappa shape index (κ1) is 20.0. The fourth-order valence-electron chi connectivity index (χ4n) is 4.87. The van der Waals surface area contributed by atoms with Crippen LogP contribution in [0.15, 0.2) is 59.3 Å². The van der Waals surface area contributed by atoms with Gasteiger partial charge in [-0.2, -0.15) is 0 Å². The Morgan fingerprint density at radius 2 is 1.81 bits per heavy atom. The molecule has 0 bridgehead atoms. The summed E-state index contributed by atoms with van der Waals surface area (Å²) in [6, 6.07) is 15.3. The van der Waals surface area contributed by atoms with E-state index in [9.17, 15) is 5.11 Å². The number of benzene rings is 1. The molecule has 4 atom stereocenters. The molecule has 0 amide bonds. The molecular weight excluding hydrogens is 394 g/mol. The van der Waals surface area contributed by atoms with Gasteiger partial charge in [0.2, 0.25) is 0 Å². The van der Waals surface area contributed by atoms with Crippen LogP contribution in [-0.2, 0) is 6.54 Å². The molecule has 1 aliphatic heterocycles. The predicted octanol–water partition coefficient (Wildman–Crippen LogP) is 3.40. The molecule has 5 rings (SSSR count). The Kier molecular flexibility index (Phi) is 5.61. The molecule has 7 nitrogen and oxygen atoms in total. The molecule has 0 unspecified atom stereocenters. The Hall–Kier alpha value is -2.90. The second kappa shape index (κ2) is 8.69. The number of pyridine rings is 1. The first-order chi connectivity index (χ1) is 15.2. The molecule has 1 N–H and O–H groups in total. The monoisotopic (exact) mass is 421 g/mol. The van der Waals surface area contributed by atoms with E-state index in [-0.39, 0.29) is 6.10 Å². The molecule has 3 aromatic rings. The minimum atomic E-state index is -0.479. The molecule has 1 saturated carbocycles. The highest BCUT2D eigenvalue weighted by atomic mass is 16.5. The lowest BCUT2D eigenvalue weighted by molar-refractivity contribution is -0.0240. The van der Waals surface area contributed by atoms with Crippen molar-refractivity contribution in [2.75, 3.05) is 20.2 Å². The van der Waals surface area contributed by atoms with Crippen LogP contribution in [0.1, 0.15) is 18.6 Å². The molecule has 0 radical (unpaired) electrons. The number of rotatable bonds is 6. The molecule has 1 saturated heterocycles. The van der Waals surface area contributed by atoms with Gasteiger partial charge in [-0.3, -0.25) is 9.88 Å². The number of hydrogen-bond donors (Lipinski definition) is 1. The van der Waals surface area contributed by atoms with E-state index in [4.69, 9.17) is 14.0 Å². The average molecular weight is 421 g/mol. The SMILES string of the molecule is COc1ccccc1O[C@@H]1C[C@@H]2CN(Cc3cc(-c4ccccn4)no3)C[C@@H]2C[C@H]1O. The number of aliphatic hydroxyl groups excluding tert-OH is 1. The zero-order valence-electron chi connectivity index (χ0n) is 17.6. The van der Waals surface area contributed by atoms with Crippen LogP contribution in [-0.4, -0.2) is 52.6 Å². The van der Waals surface area contributed by atoms with Gasteiger partial charge < -0.3 is 19.1 Å². The Morgan fingerprint density at radius 3 is 2.58 bits per heavy atom. The molecule has 162 valence electrons. The largest absolute Gasteiger partial charge is 0.493 e. The van der Waals surface area contributed by atoms with Gasteiger partial charge in [0, 0.05) is 25.4 Å². The van der Waals surface area contributed by atoms with Gasteiger partial charge in [-0.25, -0.2) is 0 Å². The van der Waals surface area contributed by atoms with Gasteiger partial charge in [-0.05, 0) is 48.9 Å². The van der Waals surface area contributed by atoms with Gasteiger partial charge in [0.1, 0.15) is 11.8 Å². The third kappa shape index (κ3) is 4.29. The summed E-state index contributed by atoms with van der Waals surface area (Å²) in [6.45, 7) is 2.62. The van der Waals surface area contributed by atoms with Crippen LogP contribution in [0.25, 0.3) is 11.4 Å². The van der Waals surface area contributed by atoms with Crippen LogP contribution in [0, 0.1) is 11.8 Å². The number of aromatic nitrogens is 2. The van der Waals surface area contributed by atoms with Crippen LogP contribution in [0.5, 0.6) is 11.5 Å². The van der Waals surface area contributed by atoms with E-state index >= 15 is 0 Å². The van der Waals surface area contributed by atoms with E-state index in [1.165, 1.54) is 0 Å². The molecule has 31 heavy (non-hydrogen) atoms. The van der Waals surface area contributed by atoms with E-state index in [1.807, 2.05) is 48.5 Å². The van der Waals surface area contributed by atoms with Crippen molar-refractivity contribution in [1.29, 1.82) is 0 Å². The second-order valence-corrected chi connectivity index (χ2v) is 8.45. The smallest absolute Gasteiger partial charge is 0.161 e. The van der Waals surface area contributed by atoms with Gasteiger partial charge in [0.05, 0.1) is 25.5 Å². The number of methoxy groups -OCH3 is 1. The Balaban J connectivity index is 1.21. The predicted molar refractivity (Wildman–Crippen MR) is 115 cm³/mol. The number of aliphatic hydroxyl groups is 1. The third-order valence-corrected chi connectivity index (χ3v) is 6.37. The fourth-order valence-corrected chi connectivity index (χ4v) is 4.87. The van der Waals surface area contributed by atoms with E-state index in [2.05, 4.69) is 15.0 Å². The van der Waals surface area contributed by atoms with Crippen LogP contribution < -0.4 is 9.47 Å². The molecule has 1 aromatic carbocycles. The highest BCUT2D eigenvalue weighted by Crippen LogP contribution is 2.39. The Bertz CT molecular complexity index is 1010. The first-order valence-electron chi connectivity index (χ1n) is 10.8. The average Bonchev–Trinajstić information content (AvgIpc) is 3.41. The van der Waals surface area contributed by atoms with Crippen LogP contribution >= 0.6 is 0 Å². The molecule has 2 aromatic heterocycles. The quantitative estimate of drug-likeness (QED) is 0.653. The number of fused-ring (bicyclic) bond motifs is 1. The summed E-state index contributed by atoms with van der Waals surface area (Å²) >= 11 is 0. The summed E-state index contributed by atoms with van der Waals surface area (Å²) in [5, 5.41) is 14.9. The van der Waals surface area contributed by atoms with E-state index in [0.29, 0.717) is 29.9 Å². The van der Waals surface area contributed by atoms with Crippen molar-refractivity contribution >= 4 is 0 Å². The normalized spacial score (nSPS) is 25.9. The summed E-state index contributed by atoms with van der Waals surface area (Å²) in [4.78, 5) is 6.71. The standard InChI is InChI=1S/C24H27N3O4/c1-29-22-7-2-3-8-23(22)30-24-11-17-14-27(13-16(17)10-21(24)28)15-18-12-20(26-31-18)19-6-4-5-9-25-19/h2-9,12,16-17,21,24,28H,10-11,13-15H2,1H3/t16-,17+,21+,24+/m0/s1. The number of nitrogens with zero attached hydrogens (tertiary/aromatic N) is 3. The van der Waals surface area contributed by atoms with Gasteiger partial charge in [0.15, 0.2) is 17.3 Å². The Labute approximate surface area is 181 Å². The highest BCUT2D eigenvalue weighted by Gasteiger charge is 2.43. The van der Waals surface area contributed by atoms with Crippen molar-refractivity contribution in [2.45, 2.75) is 31.6 Å². The fraction of sp³-hybridized carbons (Fsp3) is 0.417. The molecular formula is C24H27N3O4. The van der Waals surface area contributed by atoms with Crippen molar-refractivity contribution in [1.82, 2.24) is 15.0 Å². The van der Waals surface area contributed by atoms with Crippen molar-refractivity contribution in [2.24, 2.45) is 11.8 Å². The lowest BCUT2D eigenvalue weighted by Gasteiger charge is -2.35. The van der Waals surface area contributed by atoms with Gasteiger partial charge in [-0.15, -0.1) is 0 Å². The number of likely N-dealkylation sites (tertiary alicyclic amines) is 1. The molecule has 3 heterocycles. The lowest BCUT2D eigenvalue weighted by atomic mass is 9.78. The number of hydrogen-bond acceptors (Lipinski definition) is 7. The van der Waals surface area contributed by atoms with Crippen molar-refractivity contribution in [3.05, 3.63) is 60.5 Å². The minimum Gasteiger partial charge on any atom is -0.493 e. The maximum absolute atomic E-state index is 10.7. The summed E-state index contributed by atoms with van der Waals surface area (Å²) in [5.74, 6) is 3.17. The van der Waals surface area contributed by atoms with Crippen LogP contribution in [0.4, 0.5) is 0 Å². The van der Waals surface area contributed by atoms with Gasteiger partial charge in [-0.1, -0.05) is 23.4 Å². The molecule has 2 aliphatic rings. The summed E-state index contributed by atoms with van der Waals surface area (Å²) in [6.07, 6.45) is 2.63. The van der Waals surface area contributed by atoms with Gasteiger partial charge in [0.25, 0.3) is 0 Å². The first-order valence-corrected chi connectivity index (χ1v) is 10.8. The van der Waals surface area contributed by atoms with Crippen LogP contribution in [0.2, 0.25) is 0 Å². The molecule has 0 spiro atoms. The molecule has 2 fully saturated rings. The highest BCUT2D eigenvalue weighted by molar-refractivity contribution is 5.53. The summed E-state index contributed by atoms with van der Waals surface area (Å²) < 4.78 is 17.1. The zero-order chi connectivity index (χ0) is 21.2. The van der Waals surface area contributed by atoms with E-state index in [0.717, 1.165) is 43.1 Å². The summed E-state index contributed by atoms with van der Waals surface area (Å²) in [7, 11) is 1.63. The second-order valence-electron chi connectivity index (χ2n) is 8.45. The molecule has 7 heteroatoms. The summed E-state index contributed by atoms with van der Waals surface area (Å²) in [5.41, 5.74) is 1.57. The minimum absolute atomic E-state index is 0.224. The lowest BCUT2D eigenvalue weighted by Crippen LogP contribution is -2.42. The van der Waals surface area contributed by atoms with Crippen LogP contribution in [0.3, 0.4) is 0 Å². The molecule has 1 aliphatic carbocycles. The Morgan fingerprint density at radius 1 is 1.03 bits per heavy atom. The topological polar surface area (TPSA) is 80.9 Å². The third-order valence-electron chi connectivity index (χ3n) is 6.37. The van der Waals surface area contributed by atoms with E-state index < -0.39 is 6.10 Å². The van der Waals surface area contributed by atoms with Crippen molar-refractivity contribution in [3.63, 3.8) is 0 Å². The van der Waals surface area contributed by atoms with E-state index in [1.54, 1.807) is 13.3 Å². The van der Waals surface area contributed by atoms with Crippen molar-refractivity contribution < 1.29 is 19.1 Å². The van der Waals surface area contributed by atoms with Gasteiger partial charge >= 0.3 is 0 Å². The maximum Gasteiger partial charge on any atom is 0.161 e.